The van der Waals surface area contributed by atoms with Crippen molar-refractivity contribution >= 4 is 17.7 Å². The summed E-state index contributed by atoms with van der Waals surface area (Å²) < 4.78 is 10.2. The molecule has 1 atom stereocenters. The van der Waals surface area contributed by atoms with E-state index in [0.29, 0.717) is 11.1 Å². The van der Waals surface area contributed by atoms with Gasteiger partial charge in [-0.25, -0.2) is 0 Å². The van der Waals surface area contributed by atoms with Gasteiger partial charge < -0.3 is 9.15 Å². The first kappa shape index (κ1) is 13.6. The summed E-state index contributed by atoms with van der Waals surface area (Å²) >= 11 is 1.18. The van der Waals surface area contributed by atoms with E-state index in [1.54, 1.807) is 6.92 Å². The van der Waals surface area contributed by atoms with Crippen LogP contribution in [0.4, 0.5) is 0 Å². The molecule has 1 aromatic carbocycles. The van der Waals surface area contributed by atoms with Gasteiger partial charge in [-0.2, -0.15) is 0 Å². The van der Waals surface area contributed by atoms with Crippen molar-refractivity contribution in [3.8, 4) is 11.5 Å². The maximum atomic E-state index is 11.3. The maximum absolute atomic E-state index is 11.3. The number of nitrogens with zero attached hydrogens (tertiary/aromatic N) is 2. The van der Waals surface area contributed by atoms with Crippen LogP contribution in [0.15, 0.2) is 33.9 Å². The van der Waals surface area contributed by atoms with Crippen molar-refractivity contribution in [3.63, 3.8) is 0 Å². The minimum Gasteiger partial charge on any atom is -0.468 e. The highest BCUT2D eigenvalue weighted by molar-refractivity contribution is 8.00. The Morgan fingerprint density at radius 2 is 2.11 bits per heavy atom. The van der Waals surface area contributed by atoms with E-state index in [2.05, 4.69) is 14.9 Å². The Morgan fingerprint density at radius 1 is 1.37 bits per heavy atom. The monoisotopic (exact) mass is 278 g/mol. The van der Waals surface area contributed by atoms with Crippen LogP contribution in [-0.4, -0.2) is 28.5 Å². The van der Waals surface area contributed by atoms with Gasteiger partial charge in [0.05, 0.1) is 7.11 Å². The number of thioether (sulfide) groups is 1. The number of carbonyl (C=O) groups excluding carboxylic acids is 1. The lowest BCUT2D eigenvalue weighted by Crippen LogP contribution is -2.14. The highest BCUT2D eigenvalue weighted by Gasteiger charge is 2.19. The third-order valence-corrected chi connectivity index (χ3v) is 3.51. The maximum Gasteiger partial charge on any atom is 0.319 e. The lowest BCUT2D eigenvalue weighted by molar-refractivity contribution is -0.139. The molecule has 2 rings (SSSR count). The second kappa shape index (κ2) is 5.88. The van der Waals surface area contributed by atoms with Crippen molar-refractivity contribution in [2.24, 2.45) is 0 Å². The number of aromatic nitrogens is 2. The number of esters is 1. The molecule has 0 spiro atoms. The smallest absolute Gasteiger partial charge is 0.319 e. The molecule has 0 aliphatic heterocycles. The van der Waals surface area contributed by atoms with Gasteiger partial charge in [0.25, 0.3) is 5.22 Å². The second-order valence-electron chi connectivity index (χ2n) is 3.97. The Kier molecular flexibility index (Phi) is 4.21. The SMILES string of the molecule is COC(=O)[C@@H](C)Sc1nnc(-c2ccccc2C)o1. The summed E-state index contributed by atoms with van der Waals surface area (Å²) in [7, 11) is 1.35. The number of aryl methyl sites for hydroxylation is 1. The molecule has 1 heterocycles. The topological polar surface area (TPSA) is 65.2 Å². The molecule has 0 unspecified atom stereocenters. The normalized spacial score (nSPS) is 12.2. The summed E-state index contributed by atoms with van der Waals surface area (Å²) in [5, 5.41) is 7.90. The van der Waals surface area contributed by atoms with Gasteiger partial charge in [-0.15, -0.1) is 10.2 Å². The average Bonchev–Trinajstić information content (AvgIpc) is 2.86. The third-order valence-electron chi connectivity index (χ3n) is 2.59. The Morgan fingerprint density at radius 3 is 2.79 bits per heavy atom. The van der Waals surface area contributed by atoms with Crippen molar-refractivity contribution in [1.29, 1.82) is 0 Å². The summed E-state index contributed by atoms with van der Waals surface area (Å²) in [6.07, 6.45) is 0. The molecule has 6 heteroatoms. The molecule has 0 saturated heterocycles. The molecule has 0 bridgehead atoms. The van der Waals surface area contributed by atoms with Crippen LogP contribution in [0.3, 0.4) is 0 Å². The largest absolute Gasteiger partial charge is 0.468 e. The first-order valence-electron chi connectivity index (χ1n) is 5.76. The van der Waals surface area contributed by atoms with Crippen LogP contribution in [0.25, 0.3) is 11.5 Å². The van der Waals surface area contributed by atoms with Crippen LogP contribution in [-0.2, 0) is 9.53 Å². The predicted octanol–water partition coefficient (Wildman–Crippen LogP) is 2.70. The fourth-order valence-corrected chi connectivity index (χ4v) is 2.25. The van der Waals surface area contributed by atoms with Gasteiger partial charge in [0, 0.05) is 5.56 Å². The zero-order valence-electron chi connectivity index (χ0n) is 10.9. The molecule has 19 heavy (non-hydrogen) atoms. The van der Waals surface area contributed by atoms with Crippen LogP contribution in [0, 0.1) is 6.92 Å². The first-order valence-corrected chi connectivity index (χ1v) is 6.63. The van der Waals surface area contributed by atoms with Gasteiger partial charge in [-0.05, 0) is 25.5 Å². The molecule has 0 N–H and O–H groups in total. The van der Waals surface area contributed by atoms with E-state index >= 15 is 0 Å². The van der Waals surface area contributed by atoms with E-state index in [1.165, 1.54) is 18.9 Å². The van der Waals surface area contributed by atoms with Gasteiger partial charge in [0.15, 0.2) is 0 Å². The van der Waals surface area contributed by atoms with Crippen LogP contribution >= 0.6 is 11.8 Å². The number of rotatable bonds is 4. The zero-order chi connectivity index (χ0) is 13.8. The summed E-state index contributed by atoms with van der Waals surface area (Å²) in [5.41, 5.74) is 1.95. The van der Waals surface area contributed by atoms with Crippen LogP contribution in [0.1, 0.15) is 12.5 Å². The van der Waals surface area contributed by atoms with E-state index in [4.69, 9.17) is 4.42 Å². The molecule has 100 valence electrons. The summed E-state index contributed by atoms with van der Waals surface area (Å²) in [4.78, 5) is 11.3. The highest BCUT2D eigenvalue weighted by Crippen LogP contribution is 2.27. The van der Waals surface area contributed by atoms with Crippen molar-refractivity contribution < 1.29 is 13.9 Å². The lowest BCUT2D eigenvalue weighted by atomic mass is 10.1. The van der Waals surface area contributed by atoms with Crippen molar-refractivity contribution in [3.05, 3.63) is 29.8 Å². The summed E-state index contributed by atoms with van der Waals surface area (Å²) in [6, 6.07) is 7.76. The molecule has 2 aromatic rings. The minimum absolute atomic E-state index is 0.319. The van der Waals surface area contributed by atoms with Crippen LogP contribution in [0.2, 0.25) is 0 Å². The molecular weight excluding hydrogens is 264 g/mol. The van der Waals surface area contributed by atoms with E-state index in [0.717, 1.165) is 11.1 Å². The van der Waals surface area contributed by atoms with E-state index in [9.17, 15) is 4.79 Å². The highest BCUT2D eigenvalue weighted by atomic mass is 32.2. The Bertz CT molecular complexity index is 583. The second-order valence-corrected chi connectivity index (χ2v) is 5.26. The number of methoxy groups -OCH3 is 1. The fourth-order valence-electron chi connectivity index (χ4n) is 1.54. The predicted molar refractivity (Wildman–Crippen MR) is 71.8 cm³/mol. The standard InChI is InChI=1S/C13H14N2O3S/c1-8-6-4-5-7-10(8)11-14-15-13(18-11)19-9(2)12(16)17-3/h4-7,9H,1-3H3/t9-/m1/s1. The van der Waals surface area contributed by atoms with Gasteiger partial charge in [-0.3, -0.25) is 4.79 Å². The molecule has 0 aliphatic rings. The lowest BCUT2D eigenvalue weighted by Gasteiger charge is -2.04. The summed E-state index contributed by atoms with van der Waals surface area (Å²) in [6.45, 7) is 3.71. The fraction of sp³-hybridized carbons (Fsp3) is 0.308. The van der Waals surface area contributed by atoms with E-state index < -0.39 is 0 Å². The van der Waals surface area contributed by atoms with Crippen molar-refractivity contribution in [2.45, 2.75) is 24.3 Å². The van der Waals surface area contributed by atoms with Gasteiger partial charge in [0.1, 0.15) is 5.25 Å². The molecular formula is C13H14N2O3S. The van der Waals surface area contributed by atoms with Crippen LogP contribution < -0.4 is 0 Å². The number of carbonyl (C=O) groups is 1. The minimum atomic E-state index is -0.379. The van der Waals surface area contributed by atoms with E-state index in [1.807, 2.05) is 31.2 Å². The Balaban J connectivity index is 2.16. The number of hydrogen-bond donors (Lipinski definition) is 0. The first-order chi connectivity index (χ1) is 9.11. The quantitative estimate of drug-likeness (QED) is 0.633. The molecule has 5 nitrogen and oxygen atoms in total. The third kappa shape index (κ3) is 3.14. The van der Waals surface area contributed by atoms with E-state index in [-0.39, 0.29) is 11.2 Å². The Hall–Kier alpha value is -1.82. The van der Waals surface area contributed by atoms with Crippen LogP contribution in [0.5, 0.6) is 0 Å². The van der Waals surface area contributed by atoms with Gasteiger partial charge in [0.2, 0.25) is 5.89 Å². The van der Waals surface area contributed by atoms with Crippen molar-refractivity contribution in [2.75, 3.05) is 7.11 Å². The van der Waals surface area contributed by atoms with Gasteiger partial charge in [-0.1, -0.05) is 30.0 Å². The summed E-state index contributed by atoms with van der Waals surface area (Å²) in [5.74, 6) is 0.137. The molecule has 0 aliphatic carbocycles. The number of hydrogen-bond acceptors (Lipinski definition) is 6. The molecule has 0 radical (unpaired) electrons. The molecule has 0 saturated carbocycles. The molecule has 1 aromatic heterocycles. The molecule has 0 fully saturated rings. The van der Waals surface area contributed by atoms with Gasteiger partial charge >= 0.3 is 5.97 Å². The average molecular weight is 278 g/mol. The van der Waals surface area contributed by atoms with Crippen molar-refractivity contribution in [1.82, 2.24) is 10.2 Å². The number of benzene rings is 1. The Labute approximate surface area is 115 Å². The number of ether oxygens (including phenoxy) is 1. The zero-order valence-corrected chi connectivity index (χ0v) is 11.7. The molecule has 0 amide bonds.